The molecule has 2 heterocycles. The number of ether oxygens (including phenoxy) is 1. The summed E-state index contributed by atoms with van der Waals surface area (Å²) in [5, 5.41) is 12.0. The molecule has 0 bridgehead atoms. The number of nitrogens with zero attached hydrogens (tertiary/aromatic N) is 2. The highest BCUT2D eigenvalue weighted by Gasteiger charge is 2.26. The van der Waals surface area contributed by atoms with E-state index in [1.807, 2.05) is 24.3 Å². The zero-order valence-electron chi connectivity index (χ0n) is 11.2. The third kappa shape index (κ3) is 3.17. The van der Waals surface area contributed by atoms with Gasteiger partial charge in [-0.25, -0.2) is 0 Å². The Morgan fingerprint density at radius 1 is 1.30 bits per heavy atom. The molecule has 3 rings (SSSR count). The predicted octanol–water partition coefficient (Wildman–Crippen LogP) is 2.30. The lowest BCUT2D eigenvalue weighted by Crippen LogP contribution is -2.44. The van der Waals surface area contributed by atoms with Gasteiger partial charge in [0.05, 0.1) is 6.61 Å². The van der Waals surface area contributed by atoms with Crippen LogP contribution < -0.4 is 5.32 Å². The molecule has 0 aliphatic carbocycles. The first-order valence-corrected chi connectivity index (χ1v) is 6.98. The van der Waals surface area contributed by atoms with E-state index in [9.17, 15) is 0 Å². The molecule has 20 heavy (non-hydrogen) atoms. The van der Waals surface area contributed by atoms with E-state index in [0.717, 1.165) is 11.4 Å². The van der Waals surface area contributed by atoms with Gasteiger partial charge in [0.15, 0.2) is 0 Å². The van der Waals surface area contributed by atoms with Crippen molar-refractivity contribution in [2.75, 3.05) is 13.2 Å². The molecule has 1 N–H and O–H groups in total. The Labute approximate surface area is 122 Å². The first-order chi connectivity index (χ1) is 9.70. The van der Waals surface area contributed by atoms with E-state index in [2.05, 4.69) is 15.5 Å². The van der Waals surface area contributed by atoms with E-state index in [0.29, 0.717) is 24.9 Å². The van der Waals surface area contributed by atoms with Gasteiger partial charge in [0, 0.05) is 24.5 Å². The predicted molar refractivity (Wildman–Crippen MR) is 74.7 cm³/mol. The number of hydrogen-bond donors (Lipinski definition) is 1. The highest BCUT2D eigenvalue weighted by Crippen LogP contribution is 2.20. The Morgan fingerprint density at radius 3 is 2.70 bits per heavy atom. The van der Waals surface area contributed by atoms with Gasteiger partial charge < -0.3 is 14.5 Å². The number of hydrogen-bond acceptors (Lipinski definition) is 5. The number of morpholine rings is 1. The van der Waals surface area contributed by atoms with Crippen LogP contribution >= 0.6 is 11.6 Å². The van der Waals surface area contributed by atoms with Crippen LogP contribution in [0.25, 0.3) is 0 Å². The van der Waals surface area contributed by atoms with Crippen LogP contribution in [0.2, 0.25) is 5.02 Å². The molecule has 0 saturated carbocycles. The smallest absolute Gasteiger partial charge is 0.246 e. The molecule has 106 valence electrons. The van der Waals surface area contributed by atoms with Gasteiger partial charge in [0.1, 0.15) is 6.10 Å². The molecule has 1 aliphatic rings. The van der Waals surface area contributed by atoms with E-state index >= 15 is 0 Å². The summed E-state index contributed by atoms with van der Waals surface area (Å²) in [5.41, 5.74) is 1.24. The molecule has 0 spiro atoms. The molecule has 0 amide bonds. The van der Waals surface area contributed by atoms with Crippen LogP contribution in [-0.2, 0) is 11.2 Å². The Morgan fingerprint density at radius 2 is 2.10 bits per heavy atom. The number of rotatable bonds is 3. The molecule has 1 saturated heterocycles. The van der Waals surface area contributed by atoms with Crippen LogP contribution in [0.5, 0.6) is 0 Å². The maximum absolute atomic E-state index is 5.88. The third-order valence-electron chi connectivity index (χ3n) is 3.30. The van der Waals surface area contributed by atoms with Gasteiger partial charge in [-0.2, -0.15) is 0 Å². The van der Waals surface area contributed by atoms with E-state index in [-0.39, 0.29) is 12.1 Å². The standard InChI is InChI=1S/C14H16ClN3O2/c1-9-17-18-14(20-9)13-7-16-12(8-19-13)6-10-2-4-11(15)5-3-10/h2-5,12-13,16H,6-8H2,1H3/t12-,13+/m0/s1. The molecule has 1 aromatic heterocycles. The monoisotopic (exact) mass is 293 g/mol. The summed E-state index contributed by atoms with van der Waals surface area (Å²) in [6.07, 6.45) is 0.755. The summed E-state index contributed by atoms with van der Waals surface area (Å²) in [4.78, 5) is 0. The topological polar surface area (TPSA) is 60.2 Å². The summed E-state index contributed by atoms with van der Waals surface area (Å²) in [5.74, 6) is 1.10. The summed E-state index contributed by atoms with van der Waals surface area (Å²) in [7, 11) is 0. The fraction of sp³-hybridized carbons (Fsp3) is 0.429. The van der Waals surface area contributed by atoms with Crippen molar-refractivity contribution in [2.45, 2.75) is 25.5 Å². The van der Waals surface area contributed by atoms with Gasteiger partial charge in [0.25, 0.3) is 0 Å². The zero-order valence-corrected chi connectivity index (χ0v) is 11.9. The number of halogens is 1. The molecular weight excluding hydrogens is 278 g/mol. The lowest BCUT2D eigenvalue weighted by atomic mass is 10.1. The van der Waals surface area contributed by atoms with Crippen LogP contribution in [-0.4, -0.2) is 29.4 Å². The number of aryl methyl sites for hydroxylation is 1. The summed E-state index contributed by atoms with van der Waals surface area (Å²) in [6, 6.07) is 8.18. The molecule has 5 nitrogen and oxygen atoms in total. The summed E-state index contributed by atoms with van der Waals surface area (Å²) < 4.78 is 11.2. The van der Waals surface area contributed by atoms with Crippen LogP contribution in [0.3, 0.4) is 0 Å². The fourth-order valence-electron chi connectivity index (χ4n) is 2.26. The first kappa shape index (κ1) is 13.5. The Bertz CT molecular complexity index is 562. The Hall–Kier alpha value is -1.43. The maximum Gasteiger partial charge on any atom is 0.246 e. The second-order valence-corrected chi connectivity index (χ2v) is 5.35. The van der Waals surface area contributed by atoms with E-state index in [1.54, 1.807) is 6.92 Å². The molecule has 1 aromatic carbocycles. The zero-order chi connectivity index (χ0) is 13.9. The molecule has 1 aliphatic heterocycles. The van der Waals surface area contributed by atoms with Gasteiger partial charge in [-0.3, -0.25) is 0 Å². The average Bonchev–Trinajstić information content (AvgIpc) is 2.89. The van der Waals surface area contributed by atoms with E-state index < -0.39 is 0 Å². The Kier molecular flexibility index (Phi) is 4.00. The molecule has 2 atom stereocenters. The van der Waals surface area contributed by atoms with E-state index in [4.69, 9.17) is 20.8 Å². The van der Waals surface area contributed by atoms with Gasteiger partial charge in [-0.15, -0.1) is 10.2 Å². The van der Waals surface area contributed by atoms with Crippen molar-refractivity contribution >= 4 is 11.6 Å². The van der Waals surface area contributed by atoms with Crippen molar-refractivity contribution in [3.63, 3.8) is 0 Å². The Balaban J connectivity index is 1.54. The van der Waals surface area contributed by atoms with Crippen molar-refractivity contribution in [3.8, 4) is 0 Å². The van der Waals surface area contributed by atoms with E-state index in [1.165, 1.54) is 5.56 Å². The molecular formula is C14H16ClN3O2. The highest BCUT2D eigenvalue weighted by atomic mass is 35.5. The van der Waals surface area contributed by atoms with Crippen molar-refractivity contribution in [3.05, 3.63) is 46.6 Å². The quantitative estimate of drug-likeness (QED) is 0.941. The minimum Gasteiger partial charge on any atom is -0.423 e. The highest BCUT2D eigenvalue weighted by molar-refractivity contribution is 6.30. The normalized spacial score (nSPS) is 22.9. The molecule has 0 radical (unpaired) electrons. The third-order valence-corrected chi connectivity index (χ3v) is 3.55. The van der Waals surface area contributed by atoms with Crippen molar-refractivity contribution in [2.24, 2.45) is 0 Å². The number of aromatic nitrogens is 2. The molecule has 2 aromatic rings. The van der Waals surface area contributed by atoms with Gasteiger partial charge in [-0.1, -0.05) is 23.7 Å². The van der Waals surface area contributed by atoms with Crippen molar-refractivity contribution in [1.82, 2.24) is 15.5 Å². The first-order valence-electron chi connectivity index (χ1n) is 6.60. The molecule has 0 unspecified atom stereocenters. The van der Waals surface area contributed by atoms with Crippen molar-refractivity contribution in [1.29, 1.82) is 0 Å². The van der Waals surface area contributed by atoms with Gasteiger partial charge in [-0.05, 0) is 24.1 Å². The second kappa shape index (κ2) is 5.91. The lowest BCUT2D eigenvalue weighted by molar-refractivity contribution is -0.0120. The van der Waals surface area contributed by atoms with Crippen LogP contribution in [0.15, 0.2) is 28.7 Å². The largest absolute Gasteiger partial charge is 0.423 e. The minimum atomic E-state index is -0.155. The maximum atomic E-state index is 5.88. The number of benzene rings is 1. The van der Waals surface area contributed by atoms with Crippen LogP contribution in [0, 0.1) is 6.92 Å². The second-order valence-electron chi connectivity index (χ2n) is 4.92. The van der Waals surface area contributed by atoms with Gasteiger partial charge >= 0.3 is 0 Å². The van der Waals surface area contributed by atoms with Gasteiger partial charge in [0.2, 0.25) is 11.8 Å². The summed E-state index contributed by atoms with van der Waals surface area (Å²) in [6.45, 7) is 3.07. The minimum absolute atomic E-state index is 0.155. The molecule has 1 fully saturated rings. The number of nitrogens with one attached hydrogen (secondary N) is 1. The van der Waals surface area contributed by atoms with Crippen LogP contribution in [0.4, 0.5) is 0 Å². The average molecular weight is 294 g/mol. The van der Waals surface area contributed by atoms with Crippen molar-refractivity contribution < 1.29 is 9.15 Å². The summed E-state index contributed by atoms with van der Waals surface area (Å²) >= 11 is 5.88. The van der Waals surface area contributed by atoms with Crippen LogP contribution in [0.1, 0.15) is 23.4 Å². The SMILES string of the molecule is Cc1nnc([C@H]2CN[C@@H](Cc3ccc(Cl)cc3)CO2)o1. The molecule has 6 heteroatoms. The lowest BCUT2D eigenvalue weighted by Gasteiger charge is -2.28. The fourth-order valence-corrected chi connectivity index (χ4v) is 2.39.